The highest BCUT2D eigenvalue weighted by molar-refractivity contribution is 7.85. The van der Waals surface area contributed by atoms with Gasteiger partial charge >= 0.3 is 0 Å². The van der Waals surface area contributed by atoms with Crippen LogP contribution in [0.25, 0.3) is 0 Å². The second-order valence-electron chi connectivity index (χ2n) is 3.29. The first-order valence-electron chi connectivity index (χ1n) is 4.55. The monoisotopic (exact) mass is 204 g/mol. The van der Waals surface area contributed by atoms with E-state index in [1.165, 1.54) is 0 Å². The molecule has 1 rings (SSSR count). The maximum atomic E-state index is 11.0. The molecule has 0 aromatic heterocycles. The van der Waals surface area contributed by atoms with Crippen LogP contribution in [-0.2, 0) is 15.6 Å². The number of nitrogens with one attached hydrogen (secondary N) is 1. The molecule has 0 atom stereocenters. The molecular weight excluding hydrogens is 188 g/mol. The average Bonchev–Trinajstić information content (AvgIpc) is 2.08. The summed E-state index contributed by atoms with van der Waals surface area (Å²) in [6, 6.07) is 0.428. The normalized spacial score (nSPS) is 28.6. The highest BCUT2D eigenvalue weighted by atomic mass is 32.2. The van der Waals surface area contributed by atoms with E-state index in [2.05, 4.69) is 5.32 Å². The number of rotatable bonds is 4. The Morgan fingerprint density at radius 3 is 2.62 bits per heavy atom. The number of primary amides is 1. The van der Waals surface area contributed by atoms with Gasteiger partial charge in [-0.3, -0.25) is 9.00 Å². The SMILES string of the molecule is NC(=O)CCNC1CCS(=O)CC1. The molecule has 5 heteroatoms. The molecule has 1 amide bonds. The molecule has 13 heavy (non-hydrogen) atoms. The minimum absolute atomic E-state index is 0.271. The Kier molecular flexibility index (Phi) is 4.38. The zero-order valence-corrected chi connectivity index (χ0v) is 8.44. The summed E-state index contributed by atoms with van der Waals surface area (Å²) in [7, 11) is -0.607. The first-order chi connectivity index (χ1) is 6.18. The lowest BCUT2D eigenvalue weighted by Crippen LogP contribution is -2.37. The molecular formula is C8H16N2O2S. The Hall–Kier alpha value is -0.420. The lowest BCUT2D eigenvalue weighted by molar-refractivity contribution is -0.117. The summed E-state index contributed by atoms with van der Waals surface area (Å²) in [5, 5.41) is 3.24. The fourth-order valence-electron chi connectivity index (χ4n) is 1.40. The molecule has 1 aliphatic heterocycles. The number of amides is 1. The van der Waals surface area contributed by atoms with E-state index >= 15 is 0 Å². The van der Waals surface area contributed by atoms with Gasteiger partial charge in [-0.15, -0.1) is 0 Å². The van der Waals surface area contributed by atoms with Crippen molar-refractivity contribution in [1.82, 2.24) is 5.32 Å². The maximum Gasteiger partial charge on any atom is 0.218 e. The van der Waals surface area contributed by atoms with E-state index in [9.17, 15) is 9.00 Å². The molecule has 4 nitrogen and oxygen atoms in total. The van der Waals surface area contributed by atoms with E-state index < -0.39 is 10.8 Å². The van der Waals surface area contributed by atoms with Gasteiger partial charge in [-0.25, -0.2) is 0 Å². The predicted molar refractivity (Wildman–Crippen MR) is 52.7 cm³/mol. The van der Waals surface area contributed by atoms with Crippen LogP contribution in [0.3, 0.4) is 0 Å². The van der Waals surface area contributed by atoms with Crippen LogP contribution in [0.5, 0.6) is 0 Å². The molecule has 0 unspecified atom stereocenters. The van der Waals surface area contributed by atoms with Crippen molar-refractivity contribution in [2.24, 2.45) is 5.73 Å². The largest absolute Gasteiger partial charge is 0.370 e. The molecule has 0 radical (unpaired) electrons. The minimum Gasteiger partial charge on any atom is -0.370 e. The second-order valence-corrected chi connectivity index (χ2v) is 4.99. The number of nitrogens with two attached hydrogens (primary N) is 1. The van der Waals surface area contributed by atoms with Crippen molar-refractivity contribution in [2.45, 2.75) is 25.3 Å². The first kappa shape index (κ1) is 10.7. The number of carbonyl (C=O) groups excluding carboxylic acids is 1. The highest BCUT2D eigenvalue weighted by Crippen LogP contribution is 2.08. The molecule has 1 aliphatic rings. The van der Waals surface area contributed by atoms with Crippen molar-refractivity contribution in [1.29, 1.82) is 0 Å². The van der Waals surface area contributed by atoms with E-state index in [0.717, 1.165) is 24.3 Å². The summed E-state index contributed by atoms with van der Waals surface area (Å²) in [5.41, 5.74) is 5.00. The molecule has 3 N–H and O–H groups in total. The van der Waals surface area contributed by atoms with Gasteiger partial charge in [-0.05, 0) is 12.8 Å². The highest BCUT2D eigenvalue weighted by Gasteiger charge is 2.16. The molecule has 1 saturated heterocycles. The van der Waals surface area contributed by atoms with Gasteiger partial charge in [0.15, 0.2) is 0 Å². The fourth-order valence-corrected chi connectivity index (χ4v) is 2.70. The van der Waals surface area contributed by atoms with Crippen LogP contribution in [0.1, 0.15) is 19.3 Å². The van der Waals surface area contributed by atoms with Crippen molar-refractivity contribution >= 4 is 16.7 Å². The second kappa shape index (κ2) is 5.34. The molecule has 0 aromatic rings. The van der Waals surface area contributed by atoms with Gasteiger partial charge in [0, 0.05) is 41.3 Å². The Morgan fingerprint density at radius 2 is 2.08 bits per heavy atom. The lowest BCUT2D eigenvalue weighted by atomic mass is 10.1. The first-order valence-corrected chi connectivity index (χ1v) is 6.04. The molecule has 0 bridgehead atoms. The molecule has 0 aliphatic carbocycles. The summed E-state index contributed by atoms with van der Waals surface area (Å²) in [5.74, 6) is 1.30. The molecule has 1 heterocycles. The van der Waals surface area contributed by atoms with Crippen molar-refractivity contribution in [3.8, 4) is 0 Å². The molecule has 76 valence electrons. The molecule has 0 aromatic carbocycles. The van der Waals surface area contributed by atoms with Crippen LogP contribution in [0, 0.1) is 0 Å². The van der Waals surface area contributed by atoms with Gasteiger partial charge in [-0.1, -0.05) is 0 Å². The van der Waals surface area contributed by atoms with Gasteiger partial charge < -0.3 is 11.1 Å². The molecule has 1 fully saturated rings. The number of hydrogen-bond donors (Lipinski definition) is 2. The van der Waals surface area contributed by atoms with Crippen molar-refractivity contribution in [3.05, 3.63) is 0 Å². The van der Waals surface area contributed by atoms with Gasteiger partial charge in [0.1, 0.15) is 0 Å². The maximum absolute atomic E-state index is 11.0. The minimum atomic E-state index is -0.607. The van der Waals surface area contributed by atoms with E-state index in [1.807, 2.05) is 0 Å². The van der Waals surface area contributed by atoms with Crippen LogP contribution >= 0.6 is 0 Å². The van der Waals surface area contributed by atoms with Crippen molar-refractivity contribution < 1.29 is 9.00 Å². The smallest absolute Gasteiger partial charge is 0.218 e. The van der Waals surface area contributed by atoms with Crippen LogP contribution in [-0.4, -0.2) is 34.2 Å². The van der Waals surface area contributed by atoms with Crippen LogP contribution in [0.2, 0.25) is 0 Å². The zero-order chi connectivity index (χ0) is 9.68. The third-order valence-electron chi connectivity index (χ3n) is 2.19. The van der Waals surface area contributed by atoms with Crippen LogP contribution < -0.4 is 11.1 Å². The third-order valence-corrected chi connectivity index (χ3v) is 3.57. The van der Waals surface area contributed by atoms with E-state index in [4.69, 9.17) is 5.73 Å². The fraction of sp³-hybridized carbons (Fsp3) is 0.875. The standard InChI is InChI=1S/C8H16N2O2S/c9-8(11)1-4-10-7-2-5-13(12)6-3-7/h7,10H,1-6H2,(H2,9,11). The summed E-state index contributed by atoms with van der Waals surface area (Å²) < 4.78 is 11.0. The Labute approximate surface area is 80.7 Å². The molecule has 0 spiro atoms. The van der Waals surface area contributed by atoms with E-state index in [0.29, 0.717) is 19.0 Å². The summed E-state index contributed by atoms with van der Waals surface area (Å²) >= 11 is 0. The lowest BCUT2D eigenvalue weighted by Gasteiger charge is -2.22. The van der Waals surface area contributed by atoms with Crippen molar-refractivity contribution in [3.63, 3.8) is 0 Å². The zero-order valence-electron chi connectivity index (χ0n) is 7.62. The predicted octanol–water partition coefficient (Wildman–Crippen LogP) is -0.637. The van der Waals surface area contributed by atoms with Gasteiger partial charge in [0.05, 0.1) is 0 Å². The van der Waals surface area contributed by atoms with E-state index in [1.54, 1.807) is 0 Å². The third kappa shape index (κ3) is 4.38. The van der Waals surface area contributed by atoms with Crippen LogP contribution in [0.15, 0.2) is 0 Å². The topological polar surface area (TPSA) is 72.2 Å². The summed E-state index contributed by atoms with van der Waals surface area (Å²) in [6.45, 7) is 0.645. The Balaban J connectivity index is 2.09. The van der Waals surface area contributed by atoms with Gasteiger partial charge in [-0.2, -0.15) is 0 Å². The number of carbonyl (C=O) groups is 1. The number of hydrogen-bond acceptors (Lipinski definition) is 3. The Bertz CT molecular complexity index is 198. The van der Waals surface area contributed by atoms with Crippen molar-refractivity contribution in [2.75, 3.05) is 18.1 Å². The average molecular weight is 204 g/mol. The molecule has 0 saturated carbocycles. The van der Waals surface area contributed by atoms with Gasteiger partial charge in [0.25, 0.3) is 0 Å². The summed E-state index contributed by atoms with van der Waals surface area (Å²) in [6.07, 6.45) is 2.29. The quantitative estimate of drug-likeness (QED) is 0.640. The van der Waals surface area contributed by atoms with E-state index in [-0.39, 0.29) is 5.91 Å². The van der Waals surface area contributed by atoms with Gasteiger partial charge in [0.2, 0.25) is 5.91 Å². The Morgan fingerprint density at radius 1 is 1.46 bits per heavy atom. The summed E-state index contributed by atoms with van der Waals surface area (Å²) in [4.78, 5) is 10.4. The van der Waals surface area contributed by atoms with Crippen LogP contribution in [0.4, 0.5) is 0 Å².